The zero-order chi connectivity index (χ0) is 18.4. The first-order valence-corrected chi connectivity index (χ1v) is 10.2. The van der Waals surface area contributed by atoms with E-state index in [1.165, 1.54) is 19.1 Å². The van der Waals surface area contributed by atoms with Crippen LogP contribution in [0.5, 0.6) is 5.75 Å². The molecule has 0 radical (unpaired) electrons. The molecule has 0 heterocycles. The van der Waals surface area contributed by atoms with Crippen molar-refractivity contribution < 1.29 is 17.9 Å². The Bertz CT molecular complexity index is 821. The van der Waals surface area contributed by atoms with E-state index in [1.54, 1.807) is 24.3 Å². The van der Waals surface area contributed by atoms with Crippen LogP contribution in [0.2, 0.25) is 0 Å². The highest BCUT2D eigenvalue weighted by atomic mass is 127. The molecular formula is C17H19IN2O4S. The monoisotopic (exact) mass is 474 g/mol. The van der Waals surface area contributed by atoms with Crippen molar-refractivity contribution >= 4 is 44.2 Å². The lowest BCUT2D eigenvalue weighted by Crippen LogP contribution is -2.41. The van der Waals surface area contributed by atoms with Gasteiger partial charge in [-0.1, -0.05) is 0 Å². The van der Waals surface area contributed by atoms with Gasteiger partial charge >= 0.3 is 0 Å². The van der Waals surface area contributed by atoms with Crippen molar-refractivity contribution in [1.82, 2.24) is 4.72 Å². The van der Waals surface area contributed by atoms with Gasteiger partial charge in [0.1, 0.15) is 5.75 Å². The van der Waals surface area contributed by atoms with Crippen LogP contribution in [-0.4, -0.2) is 27.0 Å². The van der Waals surface area contributed by atoms with Gasteiger partial charge in [-0.2, -0.15) is 4.72 Å². The lowest BCUT2D eigenvalue weighted by molar-refractivity contribution is -0.117. The van der Waals surface area contributed by atoms with Gasteiger partial charge in [-0.25, -0.2) is 8.42 Å². The summed E-state index contributed by atoms with van der Waals surface area (Å²) < 4.78 is 33.5. The summed E-state index contributed by atoms with van der Waals surface area (Å²) in [7, 11) is -3.80. The van der Waals surface area contributed by atoms with Crippen molar-refractivity contribution in [3.05, 3.63) is 52.1 Å². The summed E-state index contributed by atoms with van der Waals surface area (Å²) in [5, 5.41) is 2.68. The van der Waals surface area contributed by atoms with Gasteiger partial charge in [0.2, 0.25) is 15.9 Å². The Morgan fingerprint density at radius 2 is 1.72 bits per heavy atom. The lowest BCUT2D eigenvalue weighted by Gasteiger charge is -2.15. The van der Waals surface area contributed by atoms with Crippen LogP contribution in [0.4, 0.5) is 5.69 Å². The summed E-state index contributed by atoms with van der Waals surface area (Å²) in [4.78, 5) is 12.3. The zero-order valence-corrected chi connectivity index (χ0v) is 16.8. The minimum Gasteiger partial charge on any atom is -0.494 e. The molecule has 0 aliphatic rings. The Hall–Kier alpha value is -1.65. The van der Waals surface area contributed by atoms with Crippen LogP contribution in [0, 0.1) is 3.57 Å². The number of sulfonamides is 1. The first kappa shape index (κ1) is 19.7. The van der Waals surface area contributed by atoms with E-state index >= 15 is 0 Å². The second kappa shape index (κ2) is 8.63. The SMILES string of the molecule is CCOc1ccc(S(=O)(=O)N[C@@H](C)C(=O)Nc2ccc(I)cc2)cc1. The number of ether oxygens (including phenoxy) is 1. The third-order valence-corrected chi connectivity index (χ3v) is 5.56. The quantitative estimate of drug-likeness (QED) is 0.605. The van der Waals surface area contributed by atoms with Gasteiger partial charge in [0, 0.05) is 9.26 Å². The fraction of sp³-hybridized carbons (Fsp3) is 0.235. The molecule has 0 fully saturated rings. The first-order chi connectivity index (χ1) is 11.8. The molecule has 0 spiro atoms. The van der Waals surface area contributed by atoms with E-state index in [0.29, 0.717) is 18.0 Å². The molecule has 1 atom stereocenters. The van der Waals surface area contributed by atoms with E-state index in [4.69, 9.17) is 4.74 Å². The van der Waals surface area contributed by atoms with Crippen molar-refractivity contribution in [3.63, 3.8) is 0 Å². The molecule has 134 valence electrons. The van der Waals surface area contributed by atoms with Crippen LogP contribution in [-0.2, 0) is 14.8 Å². The van der Waals surface area contributed by atoms with Crippen molar-refractivity contribution in [3.8, 4) is 5.75 Å². The van der Waals surface area contributed by atoms with E-state index in [-0.39, 0.29) is 4.90 Å². The molecule has 8 heteroatoms. The molecule has 0 aliphatic carbocycles. The predicted octanol–water partition coefficient (Wildman–Crippen LogP) is 3.00. The molecule has 2 rings (SSSR count). The molecule has 2 aromatic carbocycles. The van der Waals surface area contributed by atoms with E-state index in [9.17, 15) is 13.2 Å². The van der Waals surface area contributed by atoms with Crippen LogP contribution in [0.15, 0.2) is 53.4 Å². The van der Waals surface area contributed by atoms with Crippen LogP contribution in [0.3, 0.4) is 0 Å². The minimum absolute atomic E-state index is 0.0740. The minimum atomic E-state index is -3.80. The maximum Gasteiger partial charge on any atom is 0.242 e. The molecule has 1 amide bonds. The summed E-state index contributed by atoms with van der Waals surface area (Å²) in [6.45, 7) is 3.84. The lowest BCUT2D eigenvalue weighted by atomic mass is 10.3. The standard InChI is InChI=1S/C17H19IN2O4S/c1-3-24-15-8-10-16(11-9-15)25(22,23)20-12(2)17(21)19-14-6-4-13(18)5-7-14/h4-12,20H,3H2,1-2H3,(H,19,21)/t12-/m0/s1. The highest BCUT2D eigenvalue weighted by molar-refractivity contribution is 14.1. The largest absolute Gasteiger partial charge is 0.494 e. The summed E-state index contributed by atoms with van der Waals surface area (Å²) >= 11 is 2.16. The Morgan fingerprint density at radius 1 is 1.12 bits per heavy atom. The number of rotatable bonds is 7. The summed E-state index contributed by atoms with van der Waals surface area (Å²) in [5.74, 6) is 0.154. The molecule has 2 N–H and O–H groups in total. The van der Waals surface area contributed by atoms with Crippen LogP contribution < -0.4 is 14.8 Å². The van der Waals surface area contributed by atoms with Gasteiger partial charge in [-0.05, 0) is 85.0 Å². The van der Waals surface area contributed by atoms with Crippen molar-refractivity contribution in [2.75, 3.05) is 11.9 Å². The second-order valence-electron chi connectivity index (χ2n) is 5.24. The third kappa shape index (κ3) is 5.68. The molecule has 0 aliphatic heterocycles. The van der Waals surface area contributed by atoms with Crippen LogP contribution in [0.1, 0.15) is 13.8 Å². The number of carbonyl (C=O) groups excluding carboxylic acids is 1. The number of anilines is 1. The number of halogens is 1. The fourth-order valence-electron chi connectivity index (χ4n) is 2.02. The molecule has 2 aromatic rings. The first-order valence-electron chi connectivity index (χ1n) is 7.63. The molecule has 0 unspecified atom stereocenters. The molecule has 0 aromatic heterocycles. The van der Waals surface area contributed by atoms with Crippen LogP contribution in [0.25, 0.3) is 0 Å². The number of hydrogen-bond donors (Lipinski definition) is 2. The van der Waals surface area contributed by atoms with Crippen molar-refractivity contribution in [2.45, 2.75) is 24.8 Å². The molecule has 0 bridgehead atoms. The molecule has 0 saturated heterocycles. The fourth-order valence-corrected chi connectivity index (χ4v) is 3.58. The summed E-state index contributed by atoms with van der Waals surface area (Å²) in [6, 6.07) is 12.3. The third-order valence-electron chi connectivity index (χ3n) is 3.28. The number of nitrogens with one attached hydrogen (secondary N) is 2. The van der Waals surface area contributed by atoms with E-state index in [1.807, 2.05) is 19.1 Å². The highest BCUT2D eigenvalue weighted by Gasteiger charge is 2.22. The van der Waals surface area contributed by atoms with Gasteiger partial charge in [0.15, 0.2) is 0 Å². The average Bonchev–Trinajstić information content (AvgIpc) is 2.57. The van der Waals surface area contributed by atoms with Gasteiger partial charge in [0.05, 0.1) is 17.5 Å². The Balaban J connectivity index is 2.03. The highest BCUT2D eigenvalue weighted by Crippen LogP contribution is 2.16. The topological polar surface area (TPSA) is 84.5 Å². The summed E-state index contributed by atoms with van der Waals surface area (Å²) in [6.07, 6.45) is 0. The number of amides is 1. The van der Waals surface area contributed by atoms with Gasteiger partial charge in [-0.3, -0.25) is 4.79 Å². The van der Waals surface area contributed by atoms with Crippen molar-refractivity contribution in [1.29, 1.82) is 0 Å². The summed E-state index contributed by atoms with van der Waals surface area (Å²) in [5.41, 5.74) is 0.609. The molecule has 6 nitrogen and oxygen atoms in total. The van der Waals surface area contributed by atoms with Crippen molar-refractivity contribution in [2.24, 2.45) is 0 Å². The van der Waals surface area contributed by atoms with E-state index in [2.05, 4.69) is 32.6 Å². The Labute approximate surface area is 161 Å². The number of hydrogen-bond acceptors (Lipinski definition) is 4. The van der Waals surface area contributed by atoms with E-state index in [0.717, 1.165) is 3.57 Å². The van der Waals surface area contributed by atoms with Gasteiger partial charge in [-0.15, -0.1) is 0 Å². The number of carbonyl (C=O) groups is 1. The maximum absolute atomic E-state index is 12.4. The Morgan fingerprint density at radius 3 is 2.28 bits per heavy atom. The Kier molecular flexibility index (Phi) is 6.79. The molecule has 0 saturated carbocycles. The van der Waals surface area contributed by atoms with E-state index < -0.39 is 22.0 Å². The normalized spacial score (nSPS) is 12.4. The van der Waals surface area contributed by atoms with Crippen LogP contribution >= 0.6 is 22.6 Å². The van der Waals surface area contributed by atoms with Gasteiger partial charge < -0.3 is 10.1 Å². The number of benzene rings is 2. The predicted molar refractivity (Wildman–Crippen MR) is 105 cm³/mol. The second-order valence-corrected chi connectivity index (χ2v) is 8.20. The van der Waals surface area contributed by atoms with Gasteiger partial charge in [0.25, 0.3) is 0 Å². The molecular weight excluding hydrogens is 455 g/mol. The molecule has 25 heavy (non-hydrogen) atoms. The smallest absolute Gasteiger partial charge is 0.242 e. The maximum atomic E-state index is 12.4. The average molecular weight is 474 g/mol. The zero-order valence-electron chi connectivity index (χ0n) is 13.8.